The van der Waals surface area contributed by atoms with E-state index in [-0.39, 0.29) is 42.4 Å². The number of hydrogen-bond donors (Lipinski definition) is 4. The van der Waals surface area contributed by atoms with Crippen LogP contribution in [0, 0.1) is 13.8 Å². The van der Waals surface area contributed by atoms with Crippen LogP contribution in [0.4, 0.5) is 5.69 Å². The average Bonchev–Trinajstić information content (AvgIpc) is 2.60. The summed E-state index contributed by atoms with van der Waals surface area (Å²) in [7, 11) is 0. The Bertz CT molecular complexity index is 723. The molecule has 0 aromatic heterocycles. The molecule has 8 heteroatoms. The minimum absolute atomic E-state index is 0.137. The van der Waals surface area contributed by atoms with Gasteiger partial charge in [0.05, 0.1) is 5.75 Å². The second-order valence-corrected chi connectivity index (χ2v) is 7.58. The molecule has 1 aliphatic rings. The molecular weight excluding hydrogens is 364 g/mol. The van der Waals surface area contributed by atoms with Crippen molar-refractivity contribution in [3.8, 4) is 0 Å². The van der Waals surface area contributed by atoms with Gasteiger partial charge in [-0.25, -0.2) is 0 Å². The van der Waals surface area contributed by atoms with E-state index in [1.807, 2.05) is 32.0 Å². The Hall–Kier alpha value is -2.32. The maximum Gasteiger partial charge on any atom is 0.234 e. The van der Waals surface area contributed by atoms with Crippen LogP contribution in [0.5, 0.6) is 0 Å². The first kappa shape index (κ1) is 21.0. The highest BCUT2D eigenvalue weighted by Gasteiger charge is 2.27. The molecule has 7 nitrogen and oxygen atoms in total. The van der Waals surface area contributed by atoms with Crippen molar-refractivity contribution in [2.45, 2.75) is 38.2 Å². The van der Waals surface area contributed by atoms with E-state index >= 15 is 0 Å². The average molecular weight is 391 g/mol. The minimum Gasteiger partial charge on any atom is -0.353 e. The summed E-state index contributed by atoms with van der Waals surface area (Å²) >= 11 is 1.28. The highest BCUT2D eigenvalue weighted by molar-refractivity contribution is 8.00. The molecule has 27 heavy (non-hydrogen) atoms. The maximum atomic E-state index is 12.2. The van der Waals surface area contributed by atoms with E-state index in [1.165, 1.54) is 11.8 Å². The fourth-order valence-electron chi connectivity index (χ4n) is 2.75. The van der Waals surface area contributed by atoms with Crippen LogP contribution in [0.1, 0.15) is 24.0 Å². The van der Waals surface area contributed by atoms with Crippen LogP contribution in [0.25, 0.3) is 0 Å². The van der Waals surface area contributed by atoms with E-state index in [0.29, 0.717) is 6.54 Å². The third-order valence-electron chi connectivity index (χ3n) is 4.02. The number of carbonyl (C=O) groups excluding carboxylic acids is 3. The monoisotopic (exact) mass is 390 g/mol. The van der Waals surface area contributed by atoms with Crippen LogP contribution in [0.2, 0.25) is 0 Å². The number of carbonyl (C=O) groups is 3. The van der Waals surface area contributed by atoms with Gasteiger partial charge in [-0.3, -0.25) is 19.7 Å². The number of benzene rings is 1. The lowest BCUT2D eigenvalue weighted by Crippen LogP contribution is -2.56. The Morgan fingerprint density at radius 3 is 2.81 bits per heavy atom. The zero-order chi connectivity index (χ0) is 19.8. The SMILES string of the molecule is C=CCNC(=O)CC1CC(=O)NC(SCC(=O)Nc2ccc(C)cc2C)N1. The summed E-state index contributed by atoms with van der Waals surface area (Å²) < 4.78 is 0. The molecule has 1 aliphatic heterocycles. The van der Waals surface area contributed by atoms with Crippen molar-refractivity contribution in [1.82, 2.24) is 16.0 Å². The molecule has 146 valence electrons. The van der Waals surface area contributed by atoms with Crippen LogP contribution in [0.15, 0.2) is 30.9 Å². The molecule has 4 N–H and O–H groups in total. The van der Waals surface area contributed by atoms with Gasteiger partial charge in [-0.2, -0.15) is 0 Å². The second kappa shape index (κ2) is 10.1. The van der Waals surface area contributed by atoms with E-state index < -0.39 is 5.50 Å². The first-order chi connectivity index (χ1) is 12.9. The minimum atomic E-state index is -0.409. The fourth-order valence-corrected chi connectivity index (χ4v) is 3.64. The molecule has 1 fully saturated rings. The summed E-state index contributed by atoms with van der Waals surface area (Å²) in [6.45, 7) is 7.89. The van der Waals surface area contributed by atoms with Crippen molar-refractivity contribution in [3.05, 3.63) is 42.0 Å². The van der Waals surface area contributed by atoms with Crippen molar-refractivity contribution in [1.29, 1.82) is 0 Å². The summed E-state index contributed by atoms with van der Waals surface area (Å²) in [5.74, 6) is -0.240. The summed E-state index contributed by atoms with van der Waals surface area (Å²) in [5.41, 5.74) is 2.51. The zero-order valence-electron chi connectivity index (χ0n) is 15.6. The van der Waals surface area contributed by atoms with Gasteiger partial charge >= 0.3 is 0 Å². The molecular formula is C19H26N4O3S. The summed E-state index contributed by atoms with van der Waals surface area (Å²) in [6, 6.07) is 5.57. The van der Waals surface area contributed by atoms with Crippen LogP contribution < -0.4 is 21.3 Å². The molecule has 1 saturated heterocycles. The van der Waals surface area contributed by atoms with Crippen LogP contribution >= 0.6 is 11.8 Å². The Morgan fingerprint density at radius 2 is 2.11 bits per heavy atom. The maximum absolute atomic E-state index is 12.2. The highest BCUT2D eigenvalue weighted by atomic mass is 32.2. The molecule has 0 radical (unpaired) electrons. The summed E-state index contributed by atoms with van der Waals surface area (Å²) in [5, 5.41) is 11.6. The number of hydrogen-bond acceptors (Lipinski definition) is 5. The quantitative estimate of drug-likeness (QED) is 0.503. The topological polar surface area (TPSA) is 99.3 Å². The Balaban J connectivity index is 1.81. The lowest BCUT2D eigenvalue weighted by atomic mass is 10.1. The van der Waals surface area contributed by atoms with Crippen molar-refractivity contribution in [2.24, 2.45) is 0 Å². The number of aryl methyl sites for hydroxylation is 2. The van der Waals surface area contributed by atoms with Gasteiger partial charge in [-0.15, -0.1) is 18.3 Å². The van der Waals surface area contributed by atoms with Gasteiger partial charge in [-0.05, 0) is 25.5 Å². The molecule has 0 spiro atoms. The predicted molar refractivity (Wildman–Crippen MR) is 108 cm³/mol. The molecule has 1 aromatic rings. The molecule has 1 heterocycles. The van der Waals surface area contributed by atoms with Gasteiger partial charge in [0.2, 0.25) is 17.7 Å². The summed E-state index contributed by atoms with van der Waals surface area (Å²) in [6.07, 6.45) is 2.03. The molecule has 2 rings (SSSR count). The van der Waals surface area contributed by atoms with Crippen molar-refractivity contribution < 1.29 is 14.4 Å². The first-order valence-corrected chi connectivity index (χ1v) is 9.84. The Kier molecular flexibility index (Phi) is 7.87. The van der Waals surface area contributed by atoms with Gasteiger partial charge in [0.1, 0.15) is 5.50 Å². The van der Waals surface area contributed by atoms with Crippen LogP contribution in [-0.4, -0.2) is 41.6 Å². The number of anilines is 1. The van der Waals surface area contributed by atoms with Gasteiger partial charge in [0.25, 0.3) is 0 Å². The number of rotatable bonds is 8. The van der Waals surface area contributed by atoms with Gasteiger partial charge < -0.3 is 16.0 Å². The third kappa shape index (κ3) is 7.07. The van der Waals surface area contributed by atoms with Crippen LogP contribution in [-0.2, 0) is 14.4 Å². The zero-order valence-corrected chi connectivity index (χ0v) is 16.4. The number of amides is 3. The first-order valence-electron chi connectivity index (χ1n) is 8.79. The van der Waals surface area contributed by atoms with E-state index in [0.717, 1.165) is 16.8 Å². The van der Waals surface area contributed by atoms with Crippen LogP contribution in [0.3, 0.4) is 0 Å². The van der Waals surface area contributed by atoms with Gasteiger partial charge in [0, 0.05) is 31.1 Å². The van der Waals surface area contributed by atoms with E-state index in [9.17, 15) is 14.4 Å². The van der Waals surface area contributed by atoms with Gasteiger partial charge in [-0.1, -0.05) is 23.8 Å². The largest absolute Gasteiger partial charge is 0.353 e. The Labute approximate surface area is 163 Å². The number of nitrogens with one attached hydrogen (secondary N) is 4. The third-order valence-corrected chi connectivity index (χ3v) is 5.04. The molecule has 2 atom stereocenters. The highest BCUT2D eigenvalue weighted by Crippen LogP contribution is 2.18. The summed E-state index contributed by atoms with van der Waals surface area (Å²) in [4.78, 5) is 35.9. The lowest BCUT2D eigenvalue weighted by molar-refractivity contribution is -0.125. The van der Waals surface area contributed by atoms with Crippen molar-refractivity contribution in [3.63, 3.8) is 0 Å². The second-order valence-electron chi connectivity index (χ2n) is 6.49. The fraction of sp³-hybridized carbons (Fsp3) is 0.421. The predicted octanol–water partition coefficient (Wildman–Crippen LogP) is 1.43. The van der Waals surface area contributed by atoms with Gasteiger partial charge in [0.15, 0.2) is 0 Å². The molecule has 1 aromatic carbocycles. The number of thioether (sulfide) groups is 1. The van der Waals surface area contributed by atoms with E-state index in [2.05, 4.69) is 27.8 Å². The molecule has 0 aliphatic carbocycles. The molecule has 0 saturated carbocycles. The molecule has 2 unspecified atom stereocenters. The standard InChI is InChI=1S/C19H26N4O3S/c1-4-7-20-16(24)9-14-10-17(25)23-19(21-14)27-11-18(26)22-15-6-5-12(2)8-13(15)3/h4-6,8,14,19,21H,1,7,9-11H2,2-3H3,(H,20,24)(H,22,26)(H,23,25). The smallest absolute Gasteiger partial charge is 0.234 e. The van der Waals surface area contributed by atoms with E-state index in [1.54, 1.807) is 6.08 Å². The van der Waals surface area contributed by atoms with Crippen molar-refractivity contribution in [2.75, 3.05) is 17.6 Å². The molecule has 0 bridgehead atoms. The van der Waals surface area contributed by atoms with Crippen molar-refractivity contribution >= 4 is 35.2 Å². The van der Waals surface area contributed by atoms with E-state index in [4.69, 9.17) is 0 Å². The lowest BCUT2D eigenvalue weighted by Gasteiger charge is -2.30. The molecule has 3 amide bonds. The Morgan fingerprint density at radius 1 is 1.33 bits per heavy atom. The normalized spacial score (nSPS) is 19.1.